The van der Waals surface area contributed by atoms with Crippen molar-refractivity contribution < 1.29 is 4.79 Å². The predicted molar refractivity (Wildman–Crippen MR) is 62.9 cm³/mol. The lowest BCUT2D eigenvalue weighted by Gasteiger charge is -2.08. The van der Waals surface area contributed by atoms with Gasteiger partial charge in [-0.3, -0.25) is 4.79 Å². The van der Waals surface area contributed by atoms with Crippen molar-refractivity contribution in [2.45, 2.75) is 33.6 Å². The molecule has 0 aliphatic rings. The molecule has 0 spiro atoms. The maximum atomic E-state index is 11.8. The molecule has 0 atom stereocenters. The second-order valence-corrected chi connectivity index (χ2v) is 4.50. The van der Waals surface area contributed by atoms with Crippen LogP contribution in [0.15, 0.2) is 16.6 Å². The van der Waals surface area contributed by atoms with Crippen molar-refractivity contribution in [2.24, 2.45) is 0 Å². The second-order valence-electron chi connectivity index (χ2n) is 3.59. The number of hydrogen-bond acceptors (Lipinski definition) is 1. The molecule has 0 amide bonds. The van der Waals surface area contributed by atoms with Gasteiger partial charge in [-0.05, 0) is 43.5 Å². The molecular formula is C12H15BrO. The molecular weight excluding hydrogens is 240 g/mol. The smallest absolute Gasteiger partial charge is 0.163 e. The Morgan fingerprint density at radius 3 is 2.21 bits per heavy atom. The third-order valence-electron chi connectivity index (χ3n) is 2.25. The second kappa shape index (κ2) is 4.74. The van der Waals surface area contributed by atoms with Crippen LogP contribution in [0.2, 0.25) is 0 Å². The number of rotatable bonds is 3. The third-order valence-corrected chi connectivity index (χ3v) is 2.71. The van der Waals surface area contributed by atoms with Crippen molar-refractivity contribution in [2.75, 3.05) is 0 Å². The number of carbonyl (C=O) groups is 1. The van der Waals surface area contributed by atoms with E-state index in [9.17, 15) is 4.79 Å². The number of halogens is 1. The van der Waals surface area contributed by atoms with Crippen molar-refractivity contribution in [3.8, 4) is 0 Å². The Morgan fingerprint density at radius 2 is 1.79 bits per heavy atom. The molecule has 0 radical (unpaired) electrons. The first-order valence-corrected chi connectivity index (χ1v) is 5.65. The topological polar surface area (TPSA) is 17.1 Å². The van der Waals surface area contributed by atoms with Crippen LogP contribution in [0.3, 0.4) is 0 Å². The fourth-order valence-electron chi connectivity index (χ4n) is 1.70. The van der Waals surface area contributed by atoms with Crippen molar-refractivity contribution in [1.29, 1.82) is 0 Å². The molecule has 76 valence electrons. The number of ketones is 1. The minimum atomic E-state index is 0.259. The van der Waals surface area contributed by atoms with Crippen LogP contribution in [0.4, 0.5) is 0 Å². The Morgan fingerprint density at radius 1 is 1.29 bits per heavy atom. The zero-order valence-corrected chi connectivity index (χ0v) is 10.4. The van der Waals surface area contributed by atoms with Crippen molar-refractivity contribution in [3.05, 3.63) is 33.3 Å². The first-order valence-electron chi connectivity index (χ1n) is 4.86. The Bertz CT molecular complexity index is 332. The number of Topliss-reactive ketones (excluding diaryl/α,β-unsaturated/α-hetero) is 1. The van der Waals surface area contributed by atoms with Crippen molar-refractivity contribution in [1.82, 2.24) is 0 Å². The minimum Gasteiger partial charge on any atom is -0.294 e. The molecule has 0 N–H and O–H groups in total. The highest BCUT2D eigenvalue weighted by Gasteiger charge is 2.11. The number of benzene rings is 1. The van der Waals surface area contributed by atoms with Gasteiger partial charge in [-0.15, -0.1) is 0 Å². The third kappa shape index (κ3) is 2.44. The Labute approximate surface area is 93.7 Å². The van der Waals surface area contributed by atoms with Gasteiger partial charge in [0.25, 0.3) is 0 Å². The summed E-state index contributed by atoms with van der Waals surface area (Å²) in [6, 6.07) is 3.99. The van der Waals surface area contributed by atoms with Gasteiger partial charge in [-0.1, -0.05) is 22.9 Å². The predicted octanol–water partition coefficient (Wildman–Crippen LogP) is 4.05. The summed E-state index contributed by atoms with van der Waals surface area (Å²) < 4.78 is 1.04. The zero-order chi connectivity index (χ0) is 10.7. The highest BCUT2D eigenvalue weighted by Crippen LogP contribution is 2.22. The van der Waals surface area contributed by atoms with Gasteiger partial charge in [0.1, 0.15) is 0 Å². The summed E-state index contributed by atoms with van der Waals surface area (Å²) in [5.74, 6) is 0.259. The highest BCUT2D eigenvalue weighted by atomic mass is 79.9. The van der Waals surface area contributed by atoms with Crippen molar-refractivity contribution >= 4 is 21.7 Å². The summed E-state index contributed by atoms with van der Waals surface area (Å²) in [4.78, 5) is 11.8. The highest BCUT2D eigenvalue weighted by molar-refractivity contribution is 9.10. The average Bonchev–Trinajstić information content (AvgIpc) is 2.01. The molecule has 0 saturated carbocycles. The van der Waals surface area contributed by atoms with Crippen LogP contribution in [0.1, 0.15) is 41.3 Å². The molecule has 2 heteroatoms. The molecule has 1 aromatic rings. The lowest BCUT2D eigenvalue weighted by molar-refractivity contribution is 0.0980. The summed E-state index contributed by atoms with van der Waals surface area (Å²) in [5.41, 5.74) is 3.03. The fourth-order valence-corrected chi connectivity index (χ4v) is 2.39. The van der Waals surface area contributed by atoms with Gasteiger partial charge < -0.3 is 0 Å². The fraction of sp³-hybridized carbons (Fsp3) is 0.417. The Hall–Kier alpha value is -0.630. The largest absolute Gasteiger partial charge is 0.294 e. The SMILES string of the molecule is CCCC(=O)c1c(C)cc(Br)cc1C. The van der Waals surface area contributed by atoms with Gasteiger partial charge in [0.05, 0.1) is 0 Å². The molecule has 0 fully saturated rings. The van der Waals surface area contributed by atoms with E-state index in [1.165, 1.54) is 0 Å². The van der Waals surface area contributed by atoms with E-state index in [0.717, 1.165) is 27.6 Å². The quantitative estimate of drug-likeness (QED) is 0.744. The maximum Gasteiger partial charge on any atom is 0.163 e. The van der Waals surface area contributed by atoms with Gasteiger partial charge in [-0.25, -0.2) is 0 Å². The van der Waals surface area contributed by atoms with E-state index < -0.39 is 0 Å². The van der Waals surface area contributed by atoms with Crippen molar-refractivity contribution in [3.63, 3.8) is 0 Å². The van der Waals surface area contributed by atoms with E-state index in [0.29, 0.717) is 6.42 Å². The van der Waals surface area contributed by atoms with Gasteiger partial charge in [-0.2, -0.15) is 0 Å². The lowest BCUT2D eigenvalue weighted by atomic mass is 9.97. The van der Waals surface area contributed by atoms with Crippen LogP contribution >= 0.6 is 15.9 Å². The number of hydrogen-bond donors (Lipinski definition) is 0. The summed E-state index contributed by atoms with van der Waals surface area (Å²) in [5, 5.41) is 0. The van der Waals surface area contributed by atoms with Crippen LogP contribution in [0.5, 0.6) is 0 Å². The molecule has 1 aromatic carbocycles. The van der Waals surface area contributed by atoms with E-state index in [-0.39, 0.29) is 5.78 Å². The summed E-state index contributed by atoms with van der Waals surface area (Å²) >= 11 is 3.42. The molecule has 0 aromatic heterocycles. The monoisotopic (exact) mass is 254 g/mol. The van der Waals surface area contributed by atoms with E-state index in [1.54, 1.807) is 0 Å². The van der Waals surface area contributed by atoms with Gasteiger partial charge in [0.2, 0.25) is 0 Å². The molecule has 0 aliphatic heterocycles. The van der Waals surface area contributed by atoms with E-state index in [4.69, 9.17) is 0 Å². The van der Waals surface area contributed by atoms with E-state index in [2.05, 4.69) is 15.9 Å². The summed E-state index contributed by atoms with van der Waals surface area (Å²) in [6.07, 6.45) is 1.55. The molecule has 0 saturated heterocycles. The maximum absolute atomic E-state index is 11.8. The molecule has 0 aliphatic carbocycles. The molecule has 0 heterocycles. The first-order chi connectivity index (χ1) is 6.56. The molecule has 0 bridgehead atoms. The number of carbonyl (C=O) groups excluding carboxylic acids is 1. The normalized spacial score (nSPS) is 10.3. The molecule has 1 nitrogen and oxygen atoms in total. The Balaban J connectivity index is 3.14. The first kappa shape index (κ1) is 11.4. The van der Waals surface area contributed by atoms with Gasteiger partial charge in [0, 0.05) is 16.5 Å². The van der Waals surface area contributed by atoms with Crippen LogP contribution in [0, 0.1) is 13.8 Å². The lowest BCUT2D eigenvalue weighted by Crippen LogP contribution is -2.04. The molecule has 14 heavy (non-hydrogen) atoms. The van der Waals surface area contributed by atoms with E-state index >= 15 is 0 Å². The molecule has 0 unspecified atom stereocenters. The summed E-state index contributed by atoms with van der Waals surface area (Å²) in [6.45, 7) is 6.00. The van der Waals surface area contributed by atoms with Crippen LogP contribution in [-0.4, -0.2) is 5.78 Å². The standard InChI is InChI=1S/C12H15BrO/c1-4-5-11(14)12-8(2)6-10(13)7-9(12)3/h6-7H,4-5H2,1-3H3. The average molecular weight is 255 g/mol. The molecule has 1 rings (SSSR count). The Kier molecular flexibility index (Phi) is 3.87. The summed E-state index contributed by atoms with van der Waals surface area (Å²) in [7, 11) is 0. The van der Waals surface area contributed by atoms with Gasteiger partial charge >= 0.3 is 0 Å². The minimum absolute atomic E-state index is 0.259. The van der Waals surface area contributed by atoms with Crippen LogP contribution in [0.25, 0.3) is 0 Å². The van der Waals surface area contributed by atoms with Gasteiger partial charge in [0.15, 0.2) is 5.78 Å². The zero-order valence-electron chi connectivity index (χ0n) is 8.86. The van der Waals surface area contributed by atoms with Crippen LogP contribution in [-0.2, 0) is 0 Å². The number of aryl methyl sites for hydroxylation is 2. The van der Waals surface area contributed by atoms with Crippen LogP contribution < -0.4 is 0 Å². The van der Waals surface area contributed by atoms with E-state index in [1.807, 2.05) is 32.9 Å².